The average molecular weight is 388 g/mol. The summed E-state index contributed by atoms with van der Waals surface area (Å²) in [6.45, 7) is 0.545. The number of alkyl halides is 3. The molecule has 7 nitrogen and oxygen atoms in total. The number of hydrogen-bond acceptors (Lipinski definition) is 5. The van der Waals surface area contributed by atoms with Crippen molar-refractivity contribution in [2.45, 2.75) is 37.9 Å². The molecule has 2 rings (SSSR count). The third kappa shape index (κ3) is 5.66. The first-order valence-corrected chi connectivity index (χ1v) is 8.39. The Labute approximate surface area is 153 Å². The number of rotatable bonds is 8. The summed E-state index contributed by atoms with van der Waals surface area (Å²) in [7, 11) is 0. The minimum atomic E-state index is -4.66. The van der Waals surface area contributed by atoms with E-state index in [4.69, 9.17) is 4.74 Å². The Morgan fingerprint density at radius 3 is 2.56 bits per heavy atom. The molecule has 0 aliphatic heterocycles. The van der Waals surface area contributed by atoms with E-state index in [0.717, 1.165) is 18.2 Å². The van der Waals surface area contributed by atoms with Gasteiger partial charge in [-0.05, 0) is 31.4 Å². The SMILES string of the molecule is CCOC(=O)C(C(=O)NC1CC1)C(C[N+](=O)[O-])c1cccc(C(F)(F)F)c1. The zero-order chi connectivity index (χ0) is 20.2. The van der Waals surface area contributed by atoms with Crippen molar-refractivity contribution in [1.29, 1.82) is 0 Å². The van der Waals surface area contributed by atoms with Crippen LogP contribution in [0.5, 0.6) is 0 Å². The number of nitrogens with one attached hydrogen (secondary N) is 1. The molecule has 1 amide bonds. The van der Waals surface area contributed by atoms with Crippen LogP contribution in [-0.2, 0) is 20.5 Å². The van der Waals surface area contributed by atoms with E-state index in [2.05, 4.69) is 5.32 Å². The summed E-state index contributed by atoms with van der Waals surface area (Å²) >= 11 is 0. The van der Waals surface area contributed by atoms with Crippen molar-refractivity contribution in [3.8, 4) is 0 Å². The fraction of sp³-hybridized carbons (Fsp3) is 0.529. The van der Waals surface area contributed by atoms with E-state index in [0.29, 0.717) is 12.8 Å². The van der Waals surface area contributed by atoms with E-state index in [1.807, 2.05) is 0 Å². The first kappa shape index (κ1) is 20.7. The lowest BCUT2D eigenvalue weighted by Crippen LogP contribution is -2.42. The van der Waals surface area contributed by atoms with Crippen molar-refractivity contribution < 1.29 is 32.4 Å². The lowest BCUT2D eigenvalue weighted by molar-refractivity contribution is -0.484. The standard InChI is InChI=1S/C17H19F3N2O5/c1-2-27-16(24)14(15(23)21-12-6-7-12)13(9-22(25)26)10-4-3-5-11(8-10)17(18,19)20/h3-5,8,12-14H,2,6-7,9H2,1H3,(H,21,23). The van der Waals surface area contributed by atoms with Gasteiger partial charge in [-0.15, -0.1) is 0 Å². The van der Waals surface area contributed by atoms with Crippen molar-refractivity contribution in [2.75, 3.05) is 13.2 Å². The molecule has 2 atom stereocenters. The van der Waals surface area contributed by atoms with E-state index in [9.17, 15) is 32.9 Å². The number of amides is 1. The molecule has 1 N–H and O–H groups in total. The van der Waals surface area contributed by atoms with Gasteiger partial charge >= 0.3 is 12.1 Å². The molecule has 27 heavy (non-hydrogen) atoms. The molecule has 0 bridgehead atoms. The molecule has 0 heterocycles. The number of benzene rings is 1. The van der Waals surface area contributed by atoms with E-state index in [1.54, 1.807) is 0 Å². The Kier molecular flexibility index (Phi) is 6.40. The number of esters is 1. The van der Waals surface area contributed by atoms with Gasteiger partial charge in [0.1, 0.15) is 5.92 Å². The summed E-state index contributed by atoms with van der Waals surface area (Å²) in [6.07, 6.45) is -3.24. The summed E-state index contributed by atoms with van der Waals surface area (Å²) < 4.78 is 43.9. The van der Waals surface area contributed by atoms with Gasteiger partial charge in [-0.1, -0.05) is 18.2 Å². The monoisotopic (exact) mass is 388 g/mol. The van der Waals surface area contributed by atoms with Gasteiger partial charge in [0.15, 0.2) is 0 Å². The summed E-state index contributed by atoms with van der Waals surface area (Å²) in [5, 5.41) is 13.7. The lowest BCUT2D eigenvalue weighted by Gasteiger charge is -2.23. The van der Waals surface area contributed by atoms with Crippen LogP contribution in [0.4, 0.5) is 13.2 Å². The van der Waals surface area contributed by atoms with Gasteiger partial charge in [0, 0.05) is 11.0 Å². The van der Waals surface area contributed by atoms with Gasteiger partial charge in [0.2, 0.25) is 12.5 Å². The van der Waals surface area contributed by atoms with Crippen LogP contribution in [0.25, 0.3) is 0 Å². The van der Waals surface area contributed by atoms with Crippen LogP contribution < -0.4 is 5.32 Å². The fourth-order valence-electron chi connectivity index (χ4n) is 2.71. The fourth-order valence-corrected chi connectivity index (χ4v) is 2.71. The van der Waals surface area contributed by atoms with Crippen LogP contribution in [-0.4, -0.2) is 36.0 Å². The molecular weight excluding hydrogens is 369 g/mol. The van der Waals surface area contributed by atoms with Crippen LogP contribution in [0.15, 0.2) is 24.3 Å². The molecule has 148 valence electrons. The van der Waals surface area contributed by atoms with Gasteiger partial charge in [-0.25, -0.2) is 0 Å². The summed E-state index contributed by atoms with van der Waals surface area (Å²) in [5.74, 6) is -4.78. The predicted octanol–water partition coefficient (Wildman–Crippen LogP) is 2.52. The molecule has 1 aliphatic carbocycles. The number of carbonyl (C=O) groups excluding carboxylic acids is 2. The molecule has 0 aromatic heterocycles. The molecule has 1 aliphatic rings. The Balaban J connectivity index is 2.44. The zero-order valence-corrected chi connectivity index (χ0v) is 14.5. The van der Waals surface area contributed by atoms with Gasteiger partial charge in [0.05, 0.1) is 18.1 Å². The maximum absolute atomic E-state index is 13.0. The van der Waals surface area contributed by atoms with Crippen molar-refractivity contribution >= 4 is 11.9 Å². The van der Waals surface area contributed by atoms with Gasteiger partial charge in [-0.2, -0.15) is 13.2 Å². The van der Waals surface area contributed by atoms with E-state index >= 15 is 0 Å². The average Bonchev–Trinajstić information content (AvgIpc) is 3.37. The molecule has 1 aromatic rings. The third-order valence-corrected chi connectivity index (χ3v) is 4.14. The Morgan fingerprint density at radius 1 is 1.37 bits per heavy atom. The van der Waals surface area contributed by atoms with E-state index in [1.165, 1.54) is 13.0 Å². The molecule has 1 aromatic carbocycles. The van der Waals surface area contributed by atoms with E-state index in [-0.39, 0.29) is 18.2 Å². The molecule has 0 radical (unpaired) electrons. The molecule has 0 spiro atoms. The van der Waals surface area contributed by atoms with Crippen molar-refractivity contribution in [1.82, 2.24) is 5.32 Å². The van der Waals surface area contributed by atoms with Crippen molar-refractivity contribution in [3.63, 3.8) is 0 Å². The van der Waals surface area contributed by atoms with Crippen LogP contribution in [0, 0.1) is 16.0 Å². The number of carbonyl (C=O) groups is 2. The van der Waals surface area contributed by atoms with Crippen LogP contribution >= 0.6 is 0 Å². The quantitative estimate of drug-likeness (QED) is 0.319. The number of nitro groups is 1. The van der Waals surface area contributed by atoms with Crippen LogP contribution in [0.3, 0.4) is 0 Å². The first-order valence-electron chi connectivity index (χ1n) is 8.39. The van der Waals surface area contributed by atoms with Gasteiger partial charge in [0.25, 0.3) is 0 Å². The van der Waals surface area contributed by atoms with E-state index < -0.39 is 46.9 Å². The number of nitrogens with zero attached hydrogens (tertiary/aromatic N) is 1. The normalized spacial score (nSPS) is 16.3. The molecule has 10 heteroatoms. The second kappa shape index (κ2) is 8.36. The Hall–Kier alpha value is -2.65. The third-order valence-electron chi connectivity index (χ3n) is 4.14. The highest BCUT2D eigenvalue weighted by atomic mass is 19.4. The predicted molar refractivity (Wildman–Crippen MR) is 87.3 cm³/mol. The summed E-state index contributed by atoms with van der Waals surface area (Å²) in [6, 6.07) is 3.74. The van der Waals surface area contributed by atoms with Crippen molar-refractivity contribution in [2.24, 2.45) is 5.92 Å². The maximum Gasteiger partial charge on any atom is 0.416 e. The highest BCUT2D eigenvalue weighted by Gasteiger charge is 2.42. The molecular formula is C17H19F3N2O5. The Bertz CT molecular complexity index is 719. The smallest absolute Gasteiger partial charge is 0.416 e. The molecule has 1 fully saturated rings. The number of hydrogen-bond donors (Lipinski definition) is 1. The maximum atomic E-state index is 13.0. The van der Waals surface area contributed by atoms with Gasteiger partial charge in [-0.3, -0.25) is 19.7 Å². The molecule has 0 saturated heterocycles. The summed E-state index contributed by atoms with van der Waals surface area (Å²) in [4.78, 5) is 35.2. The molecule has 1 saturated carbocycles. The Morgan fingerprint density at radius 2 is 2.04 bits per heavy atom. The number of halogens is 3. The zero-order valence-electron chi connectivity index (χ0n) is 14.5. The lowest BCUT2D eigenvalue weighted by atomic mass is 9.84. The molecule has 2 unspecified atom stereocenters. The second-order valence-electron chi connectivity index (χ2n) is 6.26. The van der Waals surface area contributed by atoms with Crippen LogP contribution in [0.1, 0.15) is 36.8 Å². The minimum Gasteiger partial charge on any atom is -0.465 e. The van der Waals surface area contributed by atoms with Gasteiger partial charge < -0.3 is 10.1 Å². The number of ether oxygens (including phenoxy) is 1. The topological polar surface area (TPSA) is 98.5 Å². The van der Waals surface area contributed by atoms with Crippen LogP contribution in [0.2, 0.25) is 0 Å². The minimum absolute atomic E-state index is 0.0696. The second-order valence-corrected chi connectivity index (χ2v) is 6.26. The van der Waals surface area contributed by atoms with Crippen molar-refractivity contribution in [3.05, 3.63) is 45.5 Å². The highest BCUT2D eigenvalue weighted by molar-refractivity contribution is 5.99. The largest absolute Gasteiger partial charge is 0.465 e. The summed E-state index contributed by atoms with van der Waals surface area (Å²) in [5.41, 5.74) is -1.14. The first-order chi connectivity index (χ1) is 12.6. The highest BCUT2D eigenvalue weighted by Crippen LogP contribution is 2.34.